The average Bonchev–Trinajstić information content (AvgIpc) is 2.58. The number of hydrogen-bond donors (Lipinski definition) is 2. The Morgan fingerprint density at radius 2 is 1.32 bits per heavy atom. The maximum absolute atomic E-state index is 5.22. The van der Waals surface area contributed by atoms with Gasteiger partial charge in [0.2, 0.25) is 0 Å². The van der Waals surface area contributed by atoms with Gasteiger partial charge in [0.15, 0.2) is 12.4 Å². The van der Waals surface area contributed by atoms with Gasteiger partial charge in [0.05, 0.1) is 7.11 Å². The molecule has 2 aromatic rings. The summed E-state index contributed by atoms with van der Waals surface area (Å²) < 4.78 is 5.22. The monoisotopic (exact) mass is 300 g/mol. The van der Waals surface area contributed by atoms with E-state index >= 15 is 0 Å². The molecule has 116 valence electrons. The van der Waals surface area contributed by atoms with Gasteiger partial charge in [-0.1, -0.05) is 0 Å². The van der Waals surface area contributed by atoms with Crippen LogP contribution in [0.2, 0.25) is 0 Å². The average molecular weight is 300 g/mol. The van der Waals surface area contributed by atoms with Crippen LogP contribution in [-0.4, -0.2) is 33.3 Å². The van der Waals surface area contributed by atoms with Gasteiger partial charge in [0.25, 0.3) is 0 Å². The van der Waals surface area contributed by atoms with Gasteiger partial charge in [-0.05, 0) is 24.3 Å². The van der Waals surface area contributed by atoms with Crippen LogP contribution in [0, 0.1) is 0 Å². The standard InChI is InChI=1S/C18H23N3O/c1-22-18-4-2-16(3-5-18)14-20-10-12-21(13-11-20)15-17-6-8-19-9-7-17/h2-9H,10-15H2,1H3/p+3. The highest BCUT2D eigenvalue weighted by Crippen LogP contribution is 2.10. The van der Waals surface area contributed by atoms with Gasteiger partial charge in [-0.3, -0.25) is 0 Å². The van der Waals surface area contributed by atoms with Crippen molar-refractivity contribution in [3.8, 4) is 5.75 Å². The fourth-order valence-corrected chi connectivity index (χ4v) is 3.17. The second-order valence-corrected chi connectivity index (χ2v) is 6.11. The molecule has 3 N–H and O–H groups in total. The van der Waals surface area contributed by atoms with Crippen LogP contribution in [0.25, 0.3) is 0 Å². The molecule has 3 rings (SSSR count). The number of hydrogen-bond acceptors (Lipinski definition) is 1. The third kappa shape index (κ3) is 4.06. The van der Waals surface area contributed by atoms with E-state index in [1.54, 1.807) is 16.9 Å². The third-order valence-corrected chi connectivity index (χ3v) is 4.52. The lowest BCUT2D eigenvalue weighted by Crippen LogP contribution is -3.27. The summed E-state index contributed by atoms with van der Waals surface area (Å²) in [4.78, 5) is 6.48. The minimum atomic E-state index is 0.938. The zero-order valence-corrected chi connectivity index (χ0v) is 13.3. The minimum absolute atomic E-state index is 0.938. The Kier molecular flexibility index (Phi) is 5.03. The van der Waals surface area contributed by atoms with E-state index in [-0.39, 0.29) is 0 Å². The molecule has 1 aliphatic heterocycles. The SMILES string of the molecule is COc1ccc(C[NH+]2CC[NH+](Cc3cc[nH+]cc3)CC2)cc1. The van der Waals surface area contributed by atoms with Gasteiger partial charge in [0.1, 0.15) is 45.0 Å². The van der Waals surface area contributed by atoms with Crippen LogP contribution in [0.1, 0.15) is 11.1 Å². The maximum atomic E-state index is 5.22. The van der Waals surface area contributed by atoms with Crippen LogP contribution >= 0.6 is 0 Å². The van der Waals surface area contributed by atoms with Gasteiger partial charge < -0.3 is 14.5 Å². The number of quaternary nitrogens is 2. The second kappa shape index (κ2) is 7.38. The van der Waals surface area contributed by atoms with Crippen LogP contribution in [0.5, 0.6) is 5.75 Å². The molecule has 0 unspecified atom stereocenters. The topological polar surface area (TPSA) is 32.2 Å². The van der Waals surface area contributed by atoms with Crippen molar-refractivity contribution in [2.75, 3.05) is 33.3 Å². The normalized spacial score (nSPS) is 21.5. The van der Waals surface area contributed by atoms with Crippen molar-refractivity contribution >= 4 is 0 Å². The van der Waals surface area contributed by atoms with E-state index in [1.165, 1.54) is 37.3 Å². The highest BCUT2D eigenvalue weighted by Gasteiger charge is 2.23. The molecule has 2 heterocycles. The van der Waals surface area contributed by atoms with Gasteiger partial charge in [-0.2, -0.15) is 0 Å². The summed E-state index contributed by atoms with van der Waals surface area (Å²) in [5, 5.41) is 0. The Morgan fingerprint density at radius 1 is 0.818 bits per heavy atom. The van der Waals surface area contributed by atoms with Crippen molar-refractivity contribution in [1.29, 1.82) is 0 Å². The summed E-state index contributed by atoms with van der Waals surface area (Å²) in [7, 11) is 1.72. The Bertz CT molecular complexity index is 563. The maximum Gasteiger partial charge on any atom is 0.167 e. The molecule has 1 saturated heterocycles. The first-order valence-electron chi connectivity index (χ1n) is 8.08. The van der Waals surface area contributed by atoms with Crippen LogP contribution < -0.4 is 19.5 Å². The zero-order valence-electron chi connectivity index (χ0n) is 13.3. The Hall–Kier alpha value is -1.91. The number of piperazine rings is 1. The molecule has 22 heavy (non-hydrogen) atoms. The van der Waals surface area contributed by atoms with Crippen LogP contribution in [0.4, 0.5) is 0 Å². The van der Waals surface area contributed by atoms with Crippen molar-refractivity contribution in [3.05, 3.63) is 59.9 Å². The molecular formula is C18H26N3O+3. The number of benzene rings is 1. The number of aromatic amines is 1. The summed E-state index contributed by atoms with van der Waals surface area (Å²) in [5.74, 6) is 0.938. The molecule has 1 fully saturated rings. The van der Waals surface area contributed by atoms with E-state index in [4.69, 9.17) is 4.74 Å². The van der Waals surface area contributed by atoms with E-state index in [1.807, 2.05) is 12.4 Å². The molecule has 0 radical (unpaired) electrons. The van der Waals surface area contributed by atoms with Crippen molar-refractivity contribution in [2.24, 2.45) is 0 Å². The second-order valence-electron chi connectivity index (χ2n) is 6.11. The summed E-state index contributed by atoms with van der Waals surface area (Å²) in [6.07, 6.45) is 4.03. The molecule has 1 aromatic carbocycles. The quantitative estimate of drug-likeness (QED) is 0.729. The number of ether oxygens (including phenoxy) is 1. The zero-order chi connectivity index (χ0) is 15.2. The molecular weight excluding hydrogens is 274 g/mol. The van der Waals surface area contributed by atoms with Gasteiger partial charge in [-0.25, -0.2) is 4.98 Å². The fourth-order valence-electron chi connectivity index (χ4n) is 3.17. The third-order valence-electron chi connectivity index (χ3n) is 4.52. The smallest absolute Gasteiger partial charge is 0.167 e. The summed E-state index contributed by atoms with van der Waals surface area (Å²) >= 11 is 0. The van der Waals surface area contributed by atoms with Crippen molar-refractivity contribution in [1.82, 2.24) is 0 Å². The van der Waals surface area contributed by atoms with E-state index in [0.717, 1.165) is 18.8 Å². The number of methoxy groups -OCH3 is 1. The lowest BCUT2D eigenvalue weighted by molar-refractivity contribution is -1.02. The van der Waals surface area contributed by atoms with E-state index < -0.39 is 0 Å². The largest absolute Gasteiger partial charge is 0.497 e. The van der Waals surface area contributed by atoms with E-state index in [2.05, 4.69) is 41.4 Å². The molecule has 0 saturated carbocycles. The molecule has 0 amide bonds. The first-order valence-corrected chi connectivity index (χ1v) is 8.08. The minimum Gasteiger partial charge on any atom is -0.497 e. The lowest BCUT2D eigenvalue weighted by Gasteiger charge is -2.29. The number of H-pyrrole nitrogens is 1. The van der Waals surface area contributed by atoms with E-state index in [0.29, 0.717) is 0 Å². The van der Waals surface area contributed by atoms with Gasteiger partial charge in [0, 0.05) is 23.3 Å². The molecule has 0 spiro atoms. The number of aromatic nitrogens is 1. The summed E-state index contributed by atoms with van der Waals surface area (Å²) in [6.45, 7) is 7.27. The van der Waals surface area contributed by atoms with Crippen molar-refractivity contribution in [3.63, 3.8) is 0 Å². The predicted molar refractivity (Wildman–Crippen MR) is 84.8 cm³/mol. The Balaban J connectivity index is 1.47. The predicted octanol–water partition coefficient (Wildman–Crippen LogP) is -1.01. The molecule has 4 nitrogen and oxygen atoms in total. The lowest BCUT2D eigenvalue weighted by atomic mass is 10.2. The first kappa shape index (κ1) is 15.0. The molecule has 4 heteroatoms. The first-order chi connectivity index (χ1) is 10.8. The molecule has 0 atom stereocenters. The van der Waals surface area contributed by atoms with Gasteiger partial charge >= 0.3 is 0 Å². The number of rotatable bonds is 5. The van der Waals surface area contributed by atoms with Crippen LogP contribution in [0.15, 0.2) is 48.8 Å². The Morgan fingerprint density at radius 3 is 1.82 bits per heavy atom. The molecule has 1 aromatic heterocycles. The Labute approximate surface area is 132 Å². The van der Waals surface area contributed by atoms with Crippen molar-refractivity contribution < 1.29 is 19.5 Å². The summed E-state index contributed by atoms with van der Waals surface area (Å²) in [6, 6.07) is 12.9. The highest BCUT2D eigenvalue weighted by molar-refractivity contribution is 5.26. The number of nitrogens with one attached hydrogen (secondary N) is 3. The van der Waals surface area contributed by atoms with Crippen molar-refractivity contribution in [2.45, 2.75) is 13.1 Å². The molecule has 1 aliphatic rings. The van der Waals surface area contributed by atoms with Crippen LogP contribution in [-0.2, 0) is 13.1 Å². The van der Waals surface area contributed by atoms with Crippen LogP contribution in [0.3, 0.4) is 0 Å². The van der Waals surface area contributed by atoms with Gasteiger partial charge in [-0.15, -0.1) is 0 Å². The molecule has 0 bridgehead atoms. The van der Waals surface area contributed by atoms with E-state index in [9.17, 15) is 0 Å². The fraction of sp³-hybridized carbons (Fsp3) is 0.389. The highest BCUT2D eigenvalue weighted by atomic mass is 16.5. The summed E-state index contributed by atoms with van der Waals surface area (Å²) in [5.41, 5.74) is 2.82. The number of pyridine rings is 1. The molecule has 0 aliphatic carbocycles.